The first-order valence-electron chi connectivity index (χ1n) is 9.73. The first-order chi connectivity index (χ1) is 13.6. The van der Waals surface area contributed by atoms with E-state index in [0.717, 1.165) is 13.1 Å². The number of carbonyl (C=O) groups is 2. The van der Waals surface area contributed by atoms with Crippen LogP contribution in [0.3, 0.4) is 0 Å². The number of hydrogen-bond donors (Lipinski definition) is 2. The molecule has 0 unspecified atom stereocenters. The molecule has 1 saturated carbocycles. The van der Waals surface area contributed by atoms with Gasteiger partial charge < -0.3 is 20.3 Å². The van der Waals surface area contributed by atoms with Crippen LogP contribution < -0.4 is 20.3 Å². The summed E-state index contributed by atoms with van der Waals surface area (Å²) in [6, 6.07) is 15.0. The number of nitrogens with zero attached hydrogens (tertiary/aromatic N) is 1. The predicted molar refractivity (Wildman–Crippen MR) is 110 cm³/mol. The zero-order valence-corrected chi connectivity index (χ0v) is 16.0. The molecule has 4 rings (SSSR count). The largest absolute Gasteiger partial charge is 0.495 e. The van der Waals surface area contributed by atoms with Gasteiger partial charge in [0.25, 0.3) is 0 Å². The summed E-state index contributed by atoms with van der Waals surface area (Å²) in [7, 11) is 1.55. The van der Waals surface area contributed by atoms with Crippen LogP contribution in [0.5, 0.6) is 5.75 Å². The molecule has 2 fully saturated rings. The van der Waals surface area contributed by atoms with E-state index in [9.17, 15) is 9.59 Å². The van der Waals surface area contributed by atoms with Crippen LogP contribution in [0.15, 0.2) is 48.5 Å². The van der Waals surface area contributed by atoms with Crippen LogP contribution in [0, 0.1) is 5.41 Å². The van der Waals surface area contributed by atoms with Crippen molar-refractivity contribution in [2.45, 2.75) is 25.7 Å². The van der Waals surface area contributed by atoms with Crippen LogP contribution in [0.1, 0.15) is 25.7 Å². The van der Waals surface area contributed by atoms with Gasteiger partial charge in [0.1, 0.15) is 11.2 Å². The van der Waals surface area contributed by atoms with Crippen molar-refractivity contribution < 1.29 is 14.3 Å². The third-order valence-corrected chi connectivity index (χ3v) is 5.57. The van der Waals surface area contributed by atoms with E-state index in [0.29, 0.717) is 30.0 Å². The first-order valence-corrected chi connectivity index (χ1v) is 9.73. The van der Waals surface area contributed by atoms with E-state index in [1.54, 1.807) is 19.2 Å². The Balaban J connectivity index is 1.41. The molecule has 0 radical (unpaired) electrons. The zero-order chi connectivity index (χ0) is 19.6. The molecule has 6 heteroatoms. The topological polar surface area (TPSA) is 70.7 Å². The average Bonchev–Trinajstić information content (AvgIpc) is 3.36. The van der Waals surface area contributed by atoms with Gasteiger partial charge in [-0.1, -0.05) is 12.1 Å². The Bertz CT molecular complexity index is 869. The van der Waals surface area contributed by atoms with Gasteiger partial charge in [-0.2, -0.15) is 0 Å². The van der Waals surface area contributed by atoms with Gasteiger partial charge in [0, 0.05) is 24.5 Å². The third kappa shape index (κ3) is 3.54. The number of para-hydroxylation sites is 2. The van der Waals surface area contributed by atoms with E-state index in [1.165, 1.54) is 18.5 Å². The van der Waals surface area contributed by atoms with Crippen LogP contribution in [-0.4, -0.2) is 32.0 Å². The molecule has 2 aliphatic rings. The minimum absolute atomic E-state index is 0.256. The molecule has 0 aromatic heterocycles. The highest BCUT2D eigenvalue weighted by atomic mass is 16.5. The van der Waals surface area contributed by atoms with Crippen molar-refractivity contribution in [1.82, 2.24) is 0 Å². The molecule has 2 aromatic rings. The second-order valence-corrected chi connectivity index (χ2v) is 7.43. The van der Waals surface area contributed by atoms with Crippen LogP contribution in [0.4, 0.5) is 17.1 Å². The Morgan fingerprint density at radius 1 is 0.929 bits per heavy atom. The number of amides is 2. The van der Waals surface area contributed by atoms with Crippen LogP contribution >= 0.6 is 0 Å². The van der Waals surface area contributed by atoms with E-state index in [-0.39, 0.29) is 11.8 Å². The normalized spacial score (nSPS) is 17.1. The summed E-state index contributed by atoms with van der Waals surface area (Å²) in [6.07, 6.45) is 3.54. The second-order valence-electron chi connectivity index (χ2n) is 7.43. The lowest BCUT2D eigenvalue weighted by molar-refractivity contribution is -0.131. The Morgan fingerprint density at radius 2 is 1.57 bits per heavy atom. The van der Waals surface area contributed by atoms with Crippen molar-refractivity contribution in [3.05, 3.63) is 48.5 Å². The molecule has 2 aromatic carbocycles. The van der Waals surface area contributed by atoms with Crippen molar-refractivity contribution in [2.75, 3.05) is 35.7 Å². The van der Waals surface area contributed by atoms with Crippen molar-refractivity contribution >= 4 is 28.9 Å². The summed E-state index contributed by atoms with van der Waals surface area (Å²) < 4.78 is 5.27. The molecule has 2 N–H and O–H groups in total. The monoisotopic (exact) mass is 379 g/mol. The maximum atomic E-state index is 12.8. The van der Waals surface area contributed by atoms with Gasteiger partial charge in [-0.15, -0.1) is 0 Å². The summed E-state index contributed by atoms with van der Waals surface area (Å²) in [5.41, 5.74) is 1.45. The zero-order valence-electron chi connectivity index (χ0n) is 16.0. The molecular formula is C22H25N3O3. The highest BCUT2D eigenvalue weighted by Gasteiger charge is 2.56. The molecule has 1 saturated heterocycles. The number of methoxy groups -OCH3 is 1. The number of anilines is 3. The Morgan fingerprint density at radius 3 is 2.21 bits per heavy atom. The third-order valence-electron chi connectivity index (χ3n) is 5.57. The van der Waals surface area contributed by atoms with Crippen LogP contribution in [0.25, 0.3) is 0 Å². The lowest BCUT2D eigenvalue weighted by atomic mass is 10.0. The molecule has 1 aliphatic carbocycles. The lowest BCUT2D eigenvalue weighted by Crippen LogP contribution is -2.35. The smallest absolute Gasteiger partial charge is 0.240 e. The SMILES string of the molecule is COc1ccccc1NC(=O)C1(C(=O)Nc2ccc(N3CCCC3)cc2)CC1. The van der Waals surface area contributed by atoms with E-state index >= 15 is 0 Å². The van der Waals surface area contributed by atoms with Gasteiger partial charge in [0.15, 0.2) is 0 Å². The van der Waals surface area contributed by atoms with Gasteiger partial charge in [0.2, 0.25) is 11.8 Å². The lowest BCUT2D eigenvalue weighted by Gasteiger charge is -2.19. The second kappa shape index (κ2) is 7.54. The molecule has 146 valence electrons. The van der Waals surface area contributed by atoms with Gasteiger partial charge in [-0.05, 0) is 62.1 Å². The summed E-state index contributed by atoms with van der Waals surface area (Å²) in [4.78, 5) is 27.9. The maximum absolute atomic E-state index is 12.8. The van der Waals surface area contributed by atoms with Crippen molar-refractivity contribution in [1.29, 1.82) is 0 Å². The van der Waals surface area contributed by atoms with Crippen LogP contribution in [0.2, 0.25) is 0 Å². The Kier molecular flexibility index (Phi) is 4.94. The summed E-state index contributed by atoms with van der Waals surface area (Å²) >= 11 is 0. The number of benzene rings is 2. The minimum Gasteiger partial charge on any atom is -0.495 e. The van der Waals surface area contributed by atoms with E-state index in [2.05, 4.69) is 15.5 Å². The summed E-state index contributed by atoms with van der Waals surface area (Å²) in [5, 5.41) is 5.75. The van der Waals surface area contributed by atoms with Gasteiger partial charge in [0.05, 0.1) is 12.8 Å². The molecule has 1 heterocycles. The number of hydrogen-bond acceptors (Lipinski definition) is 4. The molecule has 0 atom stereocenters. The van der Waals surface area contributed by atoms with Crippen LogP contribution in [-0.2, 0) is 9.59 Å². The molecule has 1 aliphatic heterocycles. The van der Waals surface area contributed by atoms with Gasteiger partial charge >= 0.3 is 0 Å². The fourth-order valence-electron chi connectivity index (χ4n) is 3.65. The number of carbonyl (C=O) groups excluding carboxylic acids is 2. The maximum Gasteiger partial charge on any atom is 0.240 e. The highest BCUT2D eigenvalue weighted by Crippen LogP contribution is 2.48. The minimum atomic E-state index is -1.01. The number of nitrogens with one attached hydrogen (secondary N) is 2. The molecule has 28 heavy (non-hydrogen) atoms. The van der Waals surface area contributed by atoms with E-state index < -0.39 is 5.41 Å². The molecule has 0 spiro atoms. The molecule has 2 amide bonds. The first kappa shape index (κ1) is 18.3. The van der Waals surface area contributed by atoms with E-state index in [1.807, 2.05) is 36.4 Å². The fraction of sp³-hybridized carbons (Fsp3) is 0.364. The standard InChI is InChI=1S/C22H25N3O3/c1-28-19-7-3-2-6-18(19)24-21(27)22(12-13-22)20(26)23-16-8-10-17(11-9-16)25-14-4-5-15-25/h2-3,6-11H,4-5,12-15H2,1H3,(H,23,26)(H,24,27). The molecule has 0 bridgehead atoms. The molecular weight excluding hydrogens is 354 g/mol. The fourth-order valence-corrected chi connectivity index (χ4v) is 3.65. The summed E-state index contributed by atoms with van der Waals surface area (Å²) in [6.45, 7) is 2.16. The van der Waals surface area contributed by atoms with Crippen molar-refractivity contribution in [2.24, 2.45) is 5.41 Å². The van der Waals surface area contributed by atoms with Crippen molar-refractivity contribution in [3.8, 4) is 5.75 Å². The van der Waals surface area contributed by atoms with Gasteiger partial charge in [-0.3, -0.25) is 9.59 Å². The number of ether oxygens (including phenoxy) is 1. The average molecular weight is 379 g/mol. The quantitative estimate of drug-likeness (QED) is 0.752. The predicted octanol–water partition coefficient (Wildman–Crippen LogP) is 3.65. The number of rotatable bonds is 6. The van der Waals surface area contributed by atoms with E-state index in [4.69, 9.17) is 4.74 Å². The van der Waals surface area contributed by atoms with Crippen molar-refractivity contribution in [3.63, 3.8) is 0 Å². The Labute approximate surface area is 164 Å². The highest BCUT2D eigenvalue weighted by molar-refractivity contribution is 6.17. The summed E-state index contributed by atoms with van der Waals surface area (Å²) in [5.74, 6) is 0.0292. The Hall–Kier alpha value is -3.02. The molecule has 6 nitrogen and oxygen atoms in total. The van der Waals surface area contributed by atoms with Gasteiger partial charge in [-0.25, -0.2) is 0 Å².